The van der Waals surface area contributed by atoms with Crippen LogP contribution in [0.4, 0.5) is 0 Å². The molecule has 0 bridgehead atoms. The molecule has 0 saturated carbocycles. The Morgan fingerprint density at radius 3 is 3.00 bits per heavy atom. The summed E-state index contributed by atoms with van der Waals surface area (Å²) in [5.74, 6) is 1.19. The van der Waals surface area contributed by atoms with Gasteiger partial charge in [-0.25, -0.2) is 0 Å². The van der Waals surface area contributed by atoms with Gasteiger partial charge in [-0.2, -0.15) is 4.98 Å². The molecular formula is C15H19N3O2. The van der Waals surface area contributed by atoms with Crippen molar-refractivity contribution in [2.45, 2.75) is 39.0 Å². The molecule has 3 rings (SSSR count). The molecule has 1 aliphatic rings. The number of methoxy groups -OCH3 is 1. The Bertz CT molecular complexity index is 595. The molecule has 1 aliphatic heterocycles. The van der Waals surface area contributed by atoms with Crippen LogP contribution in [0.15, 0.2) is 22.7 Å². The second-order valence-electron chi connectivity index (χ2n) is 5.06. The Morgan fingerprint density at radius 2 is 2.20 bits per heavy atom. The monoisotopic (exact) mass is 273 g/mol. The largest absolute Gasteiger partial charge is 0.373 e. The third-order valence-corrected chi connectivity index (χ3v) is 3.65. The Labute approximate surface area is 118 Å². The summed E-state index contributed by atoms with van der Waals surface area (Å²) in [6.45, 7) is 3.95. The van der Waals surface area contributed by atoms with Gasteiger partial charge in [0.05, 0.1) is 0 Å². The third-order valence-electron chi connectivity index (χ3n) is 3.65. The van der Waals surface area contributed by atoms with Gasteiger partial charge < -0.3 is 14.6 Å². The Morgan fingerprint density at radius 1 is 1.35 bits per heavy atom. The Hall–Kier alpha value is -1.72. The fraction of sp³-hybridized carbons (Fsp3) is 0.467. The van der Waals surface area contributed by atoms with Crippen LogP contribution in [0.2, 0.25) is 0 Å². The molecule has 2 aromatic rings. The number of benzene rings is 1. The molecule has 0 aliphatic carbocycles. The van der Waals surface area contributed by atoms with Gasteiger partial charge in [-0.05, 0) is 29.7 Å². The van der Waals surface area contributed by atoms with Crippen molar-refractivity contribution < 1.29 is 9.26 Å². The minimum absolute atomic E-state index is 0.0893. The molecule has 1 unspecified atom stereocenters. The van der Waals surface area contributed by atoms with E-state index in [-0.39, 0.29) is 6.10 Å². The number of nitrogens with zero attached hydrogens (tertiary/aromatic N) is 2. The van der Waals surface area contributed by atoms with E-state index in [1.807, 2.05) is 6.07 Å². The summed E-state index contributed by atoms with van der Waals surface area (Å²) in [5.41, 5.74) is 3.62. The topological polar surface area (TPSA) is 60.2 Å². The zero-order chi connectivity index (χ0) is 13.9. The number of rotatable bonds is 5. The van der Waals surface area contributed by atoms with Crippen molar-refractivity contribution in [3.05, 3.63) is 35.2 Å². The predicted molar refractivity (Wildman–Crippen MR) is 74.9 cm³/mol. The smallest absolute Gasteiger partial charge is 0.258 e. The highest BCUT2D eigenvalue weighted by molar-refractivity contribution is 5.56. The first-order valence-corrected chi connectivity index (χ1v) is 7.01. The highest BCUT2D eigenvalue weighted by atomic mass is 16.5. The van der Waals surface area contributed by atoms with Gasteiger partial charge in [0.25, 0.3) is 5.89 Å². The van der Waals surface area contributed by atoms with Crippen molar-refractivity contribution in [3.63, 3.8) is 0 Å². The SMILES string of the molecule is CCCC(OC)c1noc(-c2ccc3c(c2)CNC3)n1. The summed E-state index contributed by atoms with van der Waals surface area (Å²) in [6, 6.07) is 6.27. The van der Waals surface area contributed by atoms with Crippen molar-refractivity contribution in [2.24, 2.45) is 0 Å². The van der Waals surface area contributed by atoms with E-state index in [1.165, 1.54) is 11.1 Å². The zero-order valence-electron chi connectivity index (χ0n) is 11.8. The van der Waals surface area contributed by atoms with E-state index in [9.17, 15) is 0 Å². The van der Waals surface area contributed by atoms with E-state index in [0.717, 1.165) is 31.5 Å². The summed E-state index contributed by atoms with van der Waals surface area (Å²) in [7, 11) is 1.68. The first-order chi connectivity index (χ1) is 9.81. The minimum atomic E-state index is -0.0893. The van der Waals surface area contributed by atoms with Crippen LogP contribution < -0.4 is 5.32 Å². The standard InChI is InChI=1S/C15H19N3O2/c1-3-4-13(19-2)14-17-15(20-18-14)10-5-6-11-8-16-9-12(11)7-10/h5-7,13,16H,3-4,8-9H2,1-2H3. The van der Waals surface area contributed by atoms with E-state index in [0.29, 0.717) is 11.7 Å². The van der Waals surface area contributed by atoms with Gasteiger partial charge in [0.15, 0.2) is 0 Å². The van der Waals surface area contributed by atoms with Crippen molar-refractivity contribution in [2.75, 3.05) is 7.11 Å². The van der Waals surface area contributed by atoms with Crippen molar-refractivity contribution in [3.8, 4) is 11.5 Å². The first-order valence-electron chi connectivity index (χ1n) is 7.01. The van der Waals surface area contributed by atoms with E-state index >= 15 is 0 Å². The van der Waals surface area contributed by atoms with Crippen LogP contribution in [-0.4, -0.2) is 17.3 Å². The van der Waals surface area contributed by atoms with Gasteiger partial charge in [0.1, 0.15) is 6.10 Å². The maximum atomic E-state index is 5.40. The summed E-state index contributed by atoms with van der Waals surface area (Å²) in [5, 5.41) is 7.38. The predicted octanol–water partition coefficient (Wildman–Crippen LogP) is 2.83. The molecule has 2 heterocycles. The molecule has 1 aromatic carbocycles. The minimum Gasteiger partial charge on any atom is -0.373 e. The fourth-order valence-corrected chi connectivity index (χ4v) is 2.53. The van der Waals surface area contributed by atoms with Gasteiger partial charge in [0, 0.05) is 25.8 Å². The lowest BCUT2D eigenvalue weighted by Crippen LogP contribution is -2.03. The number of fused-ring (bicyclic) bond motifs is 1. The van der Waals surface area contributed by atoms with E-state index in [1.54, 1.807) is 7.11 Å². The molecule has 20 heavy (non-hydrogen) atoms. The average molecular weight is 273 g/mol. The molecule has 5 nitrogen and oxygen atoms in total. The quantitative estimate of drug-likeness (QED) is 0.907. The van der Waals surface area contributed by atoms with Crippen molar-refractivity contribution in [1.29, 1.82) is 0 Å². The number of nitrogens with one attached hydrogen (secondary N) is 1. The molecule has 0 fully saturated rings. The summed E-state index contributed by atoms with van der Waals surface area (Å²) < 4.78 is 10.8. The number of ether oxygens (including phenoxy) is 1. The Kier molecular flexibility index (Phi) is 3.80. The van der Waals surface area contributed by atoms with E-state index < -0.39 is 0 Å². The van der Waals surface area contributed by atoms with Crippen LogP contribution in [0.1, 0.15) is 42.8 Å². The maximum Gasteiger partial charge on any atom is 0.258 e. The molecule has 1 aromatic heterocycles. The van der Waals surface area contributed by atoms with Crippen LogP contribution in [0.3, 0.4) is 0 Å². The molecule has 1 atom stereocenters. The van der Waals surface area contributed by atoms with Gasteiger partial charge >= 0.3 is 0 Å². The average Bonchev–Trinajstić information content (AvgIpc) is 3.12. The molecule has 5 heteroatoms. The number of hydrogen-bond donors (Lipinski definition) is 1. The van der Waals surface area contributed by atoms with Crippen LogP contribution in [0, 0.1) is 0 Å². The molecule has 1 N–H and O–H groups in total. The second kappa shape index (κ2) is 5.73. The molecule has 0 radical (unpaired) electrons. The highest BCUT2D eigenvalue weighted by Crippen LogP contribution is 2.26. The van der Waals surface area contributed by atoms with Crippen molar-refractivity contribution in [1.82, 2.24) is 15.5 Å². The molecule has 0 amide bonds. The zero-order valence-corrected chi connectivity index (χ0v) is 11.8. The van der Waals surface area contributed by atoms with Gasteiger partial charge in [-0.1, -0.05) is 24.6 Å². The van der Waals surface area contributed by atoms with E-state index in [4.69, 9.17) is 9.26 Å². The van der Waals surface area contributed by atoms with Gasteiger partial charge in [-0.3, -0.25) is 0 Å². The molecular weight excluding hydrogens is 254 g/mol. The van der Waals surface area contributed by atoms with Crippen LogP contribution in [0.25, 0.3) is 11.5 Å². The highest BCUT2D eigenvalue weighted by Gasteiger charge is 2.19. The summed E-state index contributed by atoms with van der Waals surface area (Å²) in [4.78, 5) is 4.47. The second-order valence-corrected chi connectivity index (χ2v) is 5.06. The molecule has 0 spiro atoms. The van der Waals surface area contributed by atoms with Crippen molar-refractivity contribution >= 4 is 0 Å². The first kappa shape index (κ1) is 13.3. The van der Waals surface area contributed by atoms with Crippen LogP contribution in [-0.2, 0) is 17.8 Å². The van der Waals surface area contributed by atoms with Crippen LogP contribution in [0.5, 0.6) is 0 Å². The fourth-order valence-electron chi connectivity index (χ4n) is 2.53. The lowest BCUT2D eigenvalue weighted by atomic mass is 10.1. The summed E-state index contributed by atoms with van der Waals surface area (Å²) >= 11 is 0. The lowest BCUT2D eigenvalue weighted by molar-refractivity contribution is 0.0854. The van der Waals surface area contributed by atoms with Crippen LogP contribution >= 0.6 is 0 Å². The Balaban J connectivity index is 1.86. The van der Waals surface area contributed by atoms with Gasteiger partial charge in [0.2, 0.25) is 5.82 Å². The number of hydrogen-bond acceptors (Lipinski definition) is 5. The lowest BCUT2D eigenvalue weighted by Gasteiger charge is -2.08. The van der Waals surface area contributed by atoms with E-state index in [2.05, 4.69) is 34.5 Å². The number of aromatic nitrogens is 2. The molecule has 106 valence electrons. The maximum absolute atomic E-state index is 5.40. The normalized spacial score (nSPS) is 15.3. The summed E-state index contributed by atoms with van der Waals surface area (Å²) in [6.07, 6.45) is 1.82. The third kappa shape index (κ3) is 2.46. The van der Waals surface area contributed by atoms with Gasteiger partial charge in [-0.15, -0.1) is 0 Å². The molecule has 0 saturated heterocycles.